The van der Waals surface area contributed by atoms with E-state index in [1.165, 1.54) is 15.5 Å². The van der Waals surface area contributed by atoms with Gasteiger partial charge in [-0.05, 0) is 36.1 Å². The minimum absolute atomic E-state index is 0.244. The van der Waals surface area contributed by atoms with Crippen LogP contribution in [0.5, 0.6) is 0 Å². The third-order valence-electron chi connectivity index (χ3n) is 4.77. The van der Waals surface area contributed by atoms with Crippen LogP contribution in [0.3, 0.4) is 0 Å². The van der Waals surface area contributed by atoms with Crippen LogP contribution in [0.25, 0.3) is 0 Å². The van der Waals surface area contributed by atoms with Gasteiger partial charge < -0.3 is 20.2 Å². The van der Waals surface area contributed by atoms with E-state index in [1.807, 2.05) is 35.3 Å². The quantitative estimate of drug-likeness (QED) is 0.550. The molecule has 0 spiro atoms. The van der Waals surface area contributed by atoms with Crippen LogP contribution in [-0.4, -0.2) is 53.4 Å². The van der Waals surface area contributed by atoms with E-state index in [0.29, 0.717) is 18.9 Å². The normalized spacial score (nSPS) is 19.3. The smallest absolute Gasteiger partial charge is 0.407 e. The summed E-state index contributed by atoms with van der Waals surface area (Å²) in [6.45, 7) is 2.12. The van der Waals surface area contributed by atoms with Crippen LogP contribution in [0.1, 0.15) is 11.3 Å². The Morgan fingerprint density at radius 1 is 1.31 bits per heavy atom. The largest absolute Gasteiger partial charge is 0.465 e. The van der Waals surface area contributed by atoms with Gasteiger partial charge in [-0.1, -0.05) is 6.07 Å². The van der Waals surface area contributed by atoms with Gasteiger partial charge in [0.15, 0.2) is 0 Å². The van der Waals surface area contributed by atoms with Gasteiger partial charge in [0.1, 0.15) is 5.84 Å². The number of thiophene rings is 1. The second kappa shape index (κ2) is 7.20. The van der Waals surface area contributed by atoms with Gasteiger partial charge in [-0.2, -0.15) is 0 Å². The molecule has 2 aliphatic rings. The zero-order valence-corrected chi connectivity index (χ0v) is 15.8. The third-order valence-corrected chi connectivity index (χ3v) is 6.68. The van der Waals surface area contributed by atoms with Crippen molar-refractivity contribution in [3.63, 3.8) is 0 Å². The average Bonchev–Trinajstić information content (AvgIpc) is 3.33. The molecule has 1 aromatic heterocycles. The Hall–Kier alpha value is -2.19. The van der Waals surface area contributed by atoms with Crippen LogP contribution in [0, 0.1) is 5.41 Å². The zero-order valence-electron chi connectivity index (χ0n) is 14.1. The Morgan fingerprint density at radius 3 is 2.92 bits per heavy atom. The van der Waals surface area contributed by atoms with Crippen molar-refractivity contribution in [2.45, 2.75) is 17.4 Å². The molecule has 0 bridgehead atoms. The molecule has 0 saturated carbocycles. The van der Waals surface area contributed by atoms with E-state index in [2.05, 4.69) is 22.3 Å². The standard InChI is InChI=1S/C18H20N4O2S2/c19-17(15-2-1-8-25-15)20-12-3-4-14-16(10-12)26-9-7-22(14)13-5-6-21(11-13)18(23)24/h1-4,8,10,13H,5-7,9,11H2,(H2,19,20)(H,23,24). The Bertz CT molecular complexity index is 825. The molecule has 4 rings (SSSR count). The lowest BCUT2D eigenvalue weighted by Gasteiger charge is -2.36. The first-order valence-corrected chi connectivity index (χ1v) is 10.4. The van der Waals surface area contributed by atoms with Gasteiger partial charge in [0.05, 0.1) is 10.6 Å². The van der Waals surface area contributed by atoms with Crippen molar-refractivity contribution in [1.29, 1.82) is 5.41 Å². The van der Waals surface area contributed by atoms with Crippen molar-refractivity contribution in [1.82, 2.24) is 4.90 Å². The van der Waals surface area contributed by atoms with Crippen molar-refractivity contribution in [3.8, 4) is 0 Å². The van der Waals surface area contributed by atoms with Gasteiger partial charge in [-0.15, -0.1) is 23.1 Å². The molecule has 1 fully saturated rings. The van der Waals surface area contributed by atoms with Gasteiger partial charge >= 0.3 is 6.09 Å². The summed E-state index contributed by atoms with van der Waals surface area (Å²) in [5.41, 5.74) is 2.08. The molecule has 2 aliphatic heterocycles. The number of carbonyl (C=O) groups is 1. The summed E-state index contributed by atoms with van der Waals surface area (Å²) >= 11 is 3.36. The average molecular weight is 389 g/mol. The number of amidine groups is 1. The predicted molar refractivity (Wildman–Crippen MR) is 107 cm³/mol. The second-order valence-corrected chi connectivity index (χ2v) is 8.46. The molecule has 2 aromatic rings. The van der Waals surface area contributed by atoms with Crippen LogP contribution in [0.2, 0.25) is 0 Å². The molecule has 3 heterocycles. The van der Waals surface area contributed by atoms with Crippen molar-refractivity contribution >= 4 is 46.4 Å². The SMILES string of the molecule is N=C(Nc1ccc2c(c1)SCCN2C1CCN(C(=O)O)C1)c1cccs1. The Morgan fingerprint density at radius 2 is 2.19 bits per heavy atom. The Labute approximate surface area is 160 Å². The number of fused-ring (bicyclic) bond motifs is 1. The number of benzene rings is 1. The molecule has 1 aromatic carbocycles. The predicted octanol–water partition coefficient (Wildman–Crippen LogP) is 3.85. The number of nitrogens with one attached hydrogen (secondary N) is 2. The highest BCUT2D eigenvalue weighted by molar-refractivity contribution is 7.99. The summed E-state index contributed by atoms with van der Waals surface area (Å²) < 4.78 is 0. The molecule has 136 valence electrons. The van der Waals surface area contributed by atoms with E-state index in [0.717, 1.165) is 29.3 Å². The van der Waals surface area contributed by atoms with E-state index in [9.17, 15) is 9.90 Å². The lowest BCUT2D eigenvalue weighted by molar-refractivity contribution is 0.155. The molecule has 8 heteroatoms. The zero-order chi connectivity index (χ0) is 18.1. The van der Waals surface area contributed by atoms with Gasteiger partial charge in [0.25, 0.3) is 0 Å². The fourth-order valence-corrected chi connectivity index (χ4v) is 5.18. The van der Waals surface area contributed by atoms with Crippen LogP contribution >= 0.6 is 23.1 Å². The summed E-state index contributed by atoms with van der Waals surface area (Å²) in [5.74, 6) is 1.40. The molecule has 1 unspecified atom stereocenters. The molecule has 1 saturated heterocycles. The molecule has 26 heavy (non-hydrogen) atoms. The fraction of sp³-hybridized carbons (Fsp3) is 0.333. The van der Waals surface area contributed by atoms with Gasteiger partial charge in [0, 0.05) is 42.0 Å². The lowest BCUT2D eigenvalue weighted by Crippen LogP contribution is -2.41. The maximum absolute atomic E-state index is 11.2. The molecule has 6 nitrogen and oxygen atoms in total. The maximum Gasteiger partial charge on any atom is 0.407 e. The van der Waals surface area contributed by atoms with Gasteiger partial charge in [0.2, 0.25) is 0 Å². The summed E-state index contributed by atoms with van der Waals surface area (Å²) in [6.07, 6.45) is 0.0464. The van der Waals surface area contributed by atoms with E-state index < -0.39 is 6.09 Å². The minimum atomic E-state index is -0.828. The molecule has 0 aliphatic carbocycles. The molecular weight excluding hydrogens is 368 g/mol. The number of thioether (sulfide) groups is 1. The summed E-state index contributed by atoms with van der Waals surface area (Å²) in [6, 6.07) is 10.3. The number of hydrogen-bond acceptors (Lipinski definition) is 5. The first kappa shape index (κ1) is 17.2. The van der Waals surface area contributed by atoms with Crippen molar-refractivity contribution < 1.29 is 9.90 Å². The maximum atomic E-state index is 11.2. The van der Waals surface area contributed by atoms with Crippen molar-refractivity contribution in [2.24, 2.45) is 0 Å². The highest BCUT2D eigenvalue weighted by Crippen LogP contribution is 2.39. The number of carboxylic acid groups (broad SMARTS) is 1. The number of rotatable bonds is 3. The number of likely N-dealkylation sites (tertiary alicyclic amines) is 1. The number of amides is 1. The number of anilines is 2. The van der Waals surface area contributed by atoms with Crippen LogP contribution in [0.4, 0.5) is 16.2 Å². The number of nitrogens with zero attached hydrogens (tertiary/aromatic N) is 2. The first-order chi connectivity index (χ1) is 12.6. The molecule has 1 atom stereocenters. The highest BCUT2D eigenvalue weighted by Gasteiger charge is 2.32. The number of hydrogen-bond donors (Lipinski definition) is 3. The van der Waals surface area contributed by atoms with Crippen molar-refractivity contribution in [2.75, 3.05) is 35.6 Å². The molecule has 1 amide bonds. The van der Waals surface area contributed by atoms with Crippen LogP contribution < -0.4 is 10.2 Å². The first-order valence-electron chi connectivity index (χ1n) is 8.52. The summed E-state index contributed by atoms with van der Waals surface area (Å²) in [4.78, 5) is 17.2. The van der Waals surface area contributed by atoms with Gasteiger partial charge in [-0.25, -0.2) is 4.79 Å². The molecule has 3 N–H and O–H groups in total. The lowest BCUT2D eigenvalue weighted by atomic mass is 10.1. The third kappa shape index (κ3) is 3.39. The summed E-state index contributed by atoms with van der Waals surface area (Å²) in [7, 11) is 0. The highest BCUT2D eigenvalue weighted by atomic mass is 32.2. The molecular formula is C18H20N4O2S2. The van der Waals surface area contributed by atoms with E-state index in [1.54, 1.807) is 11.3 Å². The second-order valence-electron chi connectivity index (χ2n) is 6.37. The summed E-state index contributed by atoms with van der Waals surface area (Å²) in [5, 5.41) is 22.5. The van der Waals surface area contributed by atoms with Crippen LogP contribution in [-0.2, 0) is 0 Å². The van der Waals surface area contributed by atoms with Crippen LogP contribution in [0.15, 0.2) is 40.6 Å². The Balaban J connectivity index is 1.51. The minimum Gasteiger partial charge on any atom is -0.465 e. The molecule has 0 radical (unpaired) electrons. The van der Waals surface area contributed by atoms with E-state index in [-0.39, 0.29) is 6.04 Å². The van der Waals surface area contributed by atoms with E-state index >= 15 is 0 Å². The van der Waals surface area contributed by atoms with Crippen molar-refractivity contribution in [3.05, 3.63) is 40.6 Å². The monoisotopic (exact) mass is 388 g/mol. The van der Waals surface area contributed by atoms with Gasteiger partial charge in [-0.3, -0.25) is 5.41 Å². The topological polar surface area (TPSA) is 79.7 Å². The van der Waals surface area contributed by atoms with E-state index in [4.69, 9.17) is 5.41 Å². The Kier molecular flexibility index (Phi) is 4.78. The fourth-order valence-electron chi connectivity index (χ4n) is 3.50.